The van der Waals surface area contributed by atoms with Crippen LogP contribution < -0.4 is 10.0 Å². The van der Waals surface area contributed by atoms with Crippen molar-refractivity contribution in [2.24, 2.45) is 0 Å². The lowest BCUT2D eigenvalue weighted by Crippen LogP contribution is -2.52. The Kier molecular flexibility index (Phi) is 10.4. The molecule has 0 aliphatic heterocycles. The van der Waals surface area contributed by atoms with Crippen LogP contribution in [0.15, 0.2) is 107 Å². The molecular weight excluding hydrogens is 522 g/mol. The largest absolute Gasteiger partial charge is 0.348 e. The van der Waals surface area contributed by atoms with Gasteiger partial charge in [-0.3, -0.25) is 4.79 Å². The van der Waals surface area contributed by atoms with E-state index in [1.807, 2.05) is 60.7 Å². The summed E-state index contributed by atoms with van der Waals surface area (Å²) in [6.45, 7) is 0. The molecule has 0 fully saturated rings. The van der Waals surface area contributed by atoms with E-state index in [0.29, 0.717) is 12.8 Å². The van der Waals surface area contributed by atoms with Gasteiger partial charge in [-0.2, -0.15) is 17.4 Å². The molecule has 8 nitrogen and oxygen atoms in total. The molecule has 2 N–H and O–H groups in total. The molecule has 0 unspecified atom stereocenters. The van der Waals surface area contributed by atoms with E-state index in [1.165, 1.54) is 32.3 Å². The highest BCUT2D eigenvalue weighted by Gasteiger charge is 2.27. The summed E-state index contributed by atoms with van der Waals surface area (Å²) in [4.78, 5) is 13.6. The van der Waals surface area contributed by atoms with E-state index < -0.39 is 38.0 Å². The van der Waals surface area contributed by atoms with Crippen molar-refractivity contribution in [3.8, 4) is 0 Å². The summed E-state index contributed by atoms with van der Waals surface area (Å²) in [6, 6.07) is 24.9. The molecule has 0 aliphatic carbocycles. The third kappa shape index (κ3) is 8.91. The third-order valence-electron chi connectivity index (χ3n) is 5.85. The maximum atomic E-state index is 13.4. The van der Waals surface area contributed by atoms with Crippen LogP contribution in [0.5, 0.6) is 0 Å². The van der Waals surface area contributed by atoms with Gasteiger partial charge in [-0.25, -0.2) is 8.42 Å². The number of rotatable bonds is 13. The lowest BCUT2D eigenvalue weighted by molar-refractivity contribution is -0.123. The fourth-order valence-corrected chi connectivity index (χ4v) is 5.53. The van der Waals surface area contributed by atoms with Gasteiger partial charge < -0.3 is 5.32 Å². The third-order valence-corrected chi connectivity index (χ3v) is 8.84. The minimum absolute atomic E-state index is 0.122. The van der Waals surface area contributed by atoms with E-state index in [2.05, 4.69) is 10.0 Å². The molecule has 0 bridgehead atoms. The second kappa shape index (κ2) is 13.5. The number of nitrogens with one attached hydrogen (secondary N) is 2. The normalized spacial score (nSPS) is 13.9. The lowest BCUT2D eigenvalue weighted by Gasteiger charge is -2.23. The van der Waals surface area contributed by atoms with Gasteiger partial charge in [-0.05, 0) is 42.5 Å². The zero-order valence-corrected chi connectivity index (χ0v) is 23.0. The molecule has 2 atom stereocenters. The Bertz CT molecular complexity index is 1410. The molecule has 3 aromatic rings. The molecule has 3 aromatic carbocycles. The number of carbonyl (C=O) groups excluding carboxylic acids is 1. The van der Waals surface area contributed by atoms with Gasteiger partial charge >= 0.3 is 0 Å². The van der Waals surface area contributed by atoms with Gasteiger partial charge in [0, 0.05) is 25.5 Å². The van der Waals surface area contributed by atoms with Crippen LogP contribution in [0.25, 0.3) is 0 Å². The van der Waals surface area contributed by atoms with Crippen LogP contribution >= 0.6 is 0 Å². The van der Waals surface area contributed by atoms with Gasteiger partial charge in [-0.1, -0.05) is 84.9 Å². The number of hydrogen-bond acceptors (Lipinski definition) is 5. The van der Waals surface area contributed by atoms with Gasteiger partial charge in [0.05, 0.1) is 4.90 Å². The Labute approximate surface area is 225 Å². The van der Waals surface area contributed by atoms with Crippen LogP contribution in [-0.2, 0) is 37.7 Å². The first-order valence-electron chi connectivity index (χ1n) is 12.1. The van der Waals surface area contributed by atoms with E-state index >= 15 is 0 Å². The Morgan fingerprint density at radius 3 is 1.89 bits per heavy atom. The van der Waals surface area contributed by atoms with Gasteiger partial charge in [0.15, 0.2) is 9.84 Å². The molecule has 0 radical (unpaired) electrons. The molecule has 202 valence electrons. The van der Waals surface area contributed by atoms with Crippen molar-refractivity contribution in [2.75, 3.05) is 14.1 Å². The summed E-state index contributed by atoms with van der Waals surface area (Å²) in [5.41, 5.74) is 1.80. The minimum Gasteiger partial charge on any atom is -0.348 e. The Morgan fingerprint density at radius 2 is 1.34 bits per heavy atom. The highest BCUT2D eigenvalue weighted by atomic mass is 32.2. The van der Waals surface area contributed by atoms with Gasteiger partial charge in [0.1, 0.15) is 6.04 Å². The monoisotopic (exact) mass is 555 g/mol. The standard InChI is InChI=1S/C28H33N3O5S2/c1-31(2)38(35,36)30-27(22-24-14-8-4-9-15-24)28(32)29-25(19-18-23-12-6-3-7-13-23)20-21-37(33,34)26-16-10-5-11-17-26/h3-17,20-21,25,27,30H,18-19,22H2,1-2H3,(H,29,32)/b21-20+/t25-,27-/m0/s1. The Hall–Kier alpha value is -3.31. The van der Waals surface area contributed by atoms with E-state index in [4.69, 9.17) is 0 Å². The molecule has 0 saturated carbocycles. The van der Waals surface area contributed by atoms with Crippen molar-refractivity contribution in [3.05, 3.63) is 114 Å². The van der Waals surface area contributed by atoms with E-state index in [0.717, 1.165) is 20.8 Å². The van der Waals surface area contributed by atoms with Crippen LogP contribution in [0.3, 0.4) is 0 Å². The SMILES string of the molecule is CN(C)S(=O)(=O)N[C@@H](Cc1ccccc1)C(=O)N[C@H](/C=C/S(=O)(=O)c1ccccc1)CCc1ccccc1. The molecule has 38 heavy (non-hydrogen) atoms. The maximum Gasteiger partial charge on any atom is 0.279 e. The first-order valence-corrected chi connectivity index (χ1v) is 15.1. The van der Waals surface area contributed by atoms with Crippen LogP contribution in [-0.4, -0.2) is 53.2 Å². The number of carbonyl (C=O) groups is 1. The second-order valence-electron chi connectivity index (χ2n) is 8.97. The Balaban J connectivity index is 1.85. The van der Waals surface area contributed by atoms with Crippen molar-refractivity contribution in [1.82, 2.24) is 14.3 Å². The summed E-state index contributed by atoms with van der Waals surface area (Å²) < 4.78 is 54.3. The summed E-state index contributed by atoms with van der Waals surface area (Å²) in [6.07, 6.45) is 2.56. The number of amides is 1. The van der Waals surface area contributed by atoms with Crippen LogP contribution in [0, 0.1) is 0 Å². The minimum atomic E-state index is -3.92. The van der Waals surface area contributed by atoms with Crippen molar-refractivity contribution in [3.63, 3.8) is 0 Å². The van der Waals surface area contributed by atoms with Crippen LogP contribution in [0.4, 0.5) is 0 Å². The van der Waals surface area contributed by atoms with Crippen molar-refractivity contribution in [2.45, 2.75) is 36.2 Å². The summed E-state index contributed by atoms with van der Waals surface area (Å²) >= 11 is 0. The first kappa shape index (κ1) is 29.2. The van der Waals surface area contributed by atoms with Crippen molar-refractivity contribution in [1.29, 1.82) is 0 Å². The van der Waals surface area contributed by atoms with Crippen molar-refractivity contribution < 1.29 is 21.6 Å². The van der Waals surface area contributed by atoms with E-state index in [9.17, 15) is 21.6 Å². The highest BCUT2D eigenvalue weighted by Crippen LogP contribution is 2.14. The zero-order valence-electron chi connectivity index (χ0n) is 21.4. The smallest absolute Gasteiger partial charge is 0.279 e. The molecule has 1 amide bonds. The molecule has 0 aliphatic rings. The quantitative estimate of drug-likeness (QED) is 0.337. The molecule has 0 aromatic heterocycles. The number of aryl methyl sites for hydroxylation is 1. The molecule has 3 rings (SSSR count). The Morgan fingerprint density at radius 1 is 0.816 bits per heavy atom. The van der Waals surface area contributed by atoms with Gasteiger partial charge in [0.25, 0.3) is 10.2 Å². The average Bonchev–Trinajstić information content (AvgIpc) is 2.91. The number of sulfone groups is 1. The second-order valence-corrected chi connectivity index (χ2v) is 12.7. The number of hydrogen-bond donors (Lipinski definition) is 2. The lowest BCUT2D eigenvalue weighted by atomic mass is 10.0. The molecule has 0 heterocycles. The predicted molar refractivity (Wildman–Crippen MR) is 149 cm³/mol. The molecule has 0 spiro atoms. The number of benzene rings is 3. The fraction of sp³-hybridized carbons (Fsp3) is 0.250. The first-order chi connectivity index (χ1) is 18.1. The summed E-state index contributed by atoms with van der Waals surface area (Å²) in [5, 5.41) is 3.95. The highest BCUT2D eigenvalue weighted by molar-refractivity contribution is 7.94. The fourth-order valence-electron chi connectivity index (χ4n) is 3.68. The molecular formula is C28H33N3O5S2. The number of nitrogens with zero attached hydrogens (tertiary/aromatic N) is 1. The van der Waals surface area contributed by atoms with E-state index in [1.54, 1.807) is 18.2 Å². The van der Waals surface area contributed by atoms with Crippen LogP contribution in [0.1, 0.15) is 17.5 Å². The average molecular weight is 556 g/mol. The van der Waals surface area contributed by atoms with Crippen molar-refractivity contribution >= 4 is 26.0 Å². The predicted octanol–water partition coefficient (Wildman–Crippen LogP) is 3.10. The van der Waals surface area contributed by atoms with E-state index in [-0.39, 0.29) is 11.3 Å². The van der Waals surface area contributed by atoms with Gasteiger partial charge in [0.2, 0.25) is 5.91 Å². The molecule has 10 heteroatoms. The summed E-state index contributed by atoms with van der Waals surface area (Å²) in [5.74, 6) is -0.556. The van der Waals surface area contributed by atoms with Gasteiger partial charge in [-0.15, -0.1) is 0 Å². The zero-order chi connectivity index (χ0) is 27.6. The summed E-state index contributed by atoms with van der Waals surface area (Å²) in [7, 11) is -4.90. The topological polar surface area (TPSA) is 113 Å². The molecule has 0 saturated heterocycles. The maximum absolute atomic E-state index is 13.4. The van der Waals surface area contributed by atoms with Crippen LogP contribution in [0.2, 0.25) is 0 Å².